The number of rotatable bonds is 3. The Hall–Kier alpha value is -1.89. The molecule has 16 heavy (non-hydrogen) atoms. The Labute approximate surface area is 95.5 Å². The van der Waals surface area contributed by atoms with E-state index in [0.29, 0.717) is 17.8 Å². The SMILES string of the molecule is CCN(C(=O)c1ccc(C#N)cn1)C(C)C. The van der Waals surface area contributed by atoms with Crippen LogP contribution in [0.3, 0.4) is 0 Å². The van der Waals surface area contributed by atoms with Gasteiger partial charge in [0.2, 0.25) is 0 Å². The van der Waals surface area contributed by atoms with Gasteiger partial charge in [0.15, 0.2) is 0 Å². The third kappa shape index (κ3) is 2.57. The van der Waals surface area contributed by atoms with Gasteiger partial charge < -0.3 is 4.90 Å². The van der Waals surface area contributed by atoms with E-state index in [4.69, 9.17) is 5.26 Å². The largest absolute Gasteiger partial charge is 0.335 e. The molecule has 1 amide bonds. The van der Waals surface area contributed by atoms with Gasteiger partial charge in [0.25, 0.3) is 5.91 Å². The van der Waals surface area contributed by atoms with Crippen LogP contribution in [0.4, 0.5) is 0 Å². The Morgan fingerprint density at radius 1 is 1.56 bits per heavy atom. The van der Waals surface area contributed by atoms with Crippen LogP contribution < -0.4 is 0 Å². The van der Waals surface area contributed by atoms with Gasteiger partial charge in [-0.2, -0.15) is 5.26 Å². The number of amides is 1. The van der Waals surface area contributed by atoms with Gasteiger partial charge in [0, 0.05) is 18.8 Å². The molecule has 0 atom stereocenters. The molecule has 0 unspecified atom stereocenters. The van der Waals surface area contributed by atoms with Gasteiger partial charge in [-0.05, 0) is 32.9 Å². The molecule has 0 aliphatic rings. The van der Waals surface area contributed by atoms with Gasteiger partial charge in [-0.15, -0.1) is 0 Å². The first kappa shape index (κ1) is 12.2. The minimum absolute atomic E-state index is 0.0954. The monoisotopic (exact) mass is 217 g/mol. The summed E-state index contributed by atoms with van der Waals surface area (Å²) in [5.74, 6) is -0.0954. The van der Waals surface area contributed by atoms with Gasteiger partial charge in [-0.1, -0.05) is 0 Å². The molecule has 0 aliphatic heterocycles. The zero-order valence-corrected chi connectivity index (χ0v) is 9.77. The van der Waals surface area contributed by atoms with E-state index in [9.17, 15) is 4.79 Å². The Bertz CT molecular complexity index is 403. The fraction of sp³-hybridized carbons (Fsp3) is 0.417. The van der Waals surface area contributed by atoms with Crippen molar-refractivity contribution < 1.29 is 4.79 Å². The summed E-state index contributed by atoms with van der Waals surface area (Å²) in [6.45, 7) is 6.51. The smallest absolute Gasteiger partial charge is 0.272 e. The first-order chi connectivity index (χ1) is 7.60. The van der Waals surface area contributed by atoms with E-state index in [1.807, 2.05) is 26.8 Å². The van der Waals surface area contributed by atoms with E-state index >= 15 is 0 Å². The molecule has 0 saturated heterocycles. The minimum atomic E-state index is -0.0954. The molecule has 4 nitrogen and oxygen atoms in total. The highest BCUT2D eigenvalue weighted by Gasteiger charge is 2.17. The first-order valence-corrected chi connectivity index (χ1v) is 5.27. The Morgan fingerprint density at radius 3 is 2.62 bits per heavy atom. The van der Waals surface area contributed by atoms with Crippen molar-refractivity contribution in [2.75, 3.05) is 6.54 Å². The summed E-state index contributed by atoms with van der Waals surface area (Å²) in [5, 5.41) is 8.63. The molecular weight excluding hydrogens is 202 g/mol. The predicted molar refractivity (Wildman–Crippen MR) is 60.8 cm³/mol. The lowest BCUT2D eigenvalue weighted by molar-refractivity contribution is 0.0711. The molecule has 0 aromatic carbocycles. The second-order valence-electron chi connectivity index (χ2n) is 3.73. The fourth-order valence-corrected chi connectivity index (χ4v) is 1.48. The zero-order valence-electron chi connectivity index (χ0n) is 9.77. The molecule has 0 saturated carbocycles. The lowest BCUT2D eigenvalue weighted by atomic mass is 10.2. The highest BCUT2D eigenvalue weighted by molar-refractivity contribution is 5.92. The first-order valence-electron chi connectivity index (χ1n) is 5.27. The van der Waals surface area contributed by atoms with Gasteiger partial charge in [0.1, 0.15) is 11.8 Å². The fourth-order valence-electron chi connectivity index (χ4n) is 1.48. The molecule has 0 spiro atoms. The number of hydrogen-bond donors (Lipinski definition) is 0. The zero-order chi connectivity index (χ0) is 12.1. The maximum absolute atomic E-state index is 12.0. The van der Waals surface area contributed by atoms with Crippen LogP contribution in [-0.2, 0) is 0 Å². The lowest BCUT2D eigenvalue weighted by Gasteiger charge is -2.24. The molecule has 0 radical (unpaired) electrons. The number of hydrogen-bond acceptors (Lipinski definition) is 3. The molecule has 1 aromatic rings. The van der Waals surface area contributed by atoms with Gasteiger partial charge in [-0.3, -0.25) is 4.79 Å². The van der Waals surface area contributed by atoms with Gasteiger partial charge >= 0.3 is 0 Å². The summed E-state index contributed by atoms with van der Waals surface area (Å²) >= 11 is 0. The molecule has 1 aromatic heterocycles. The maximum atomic E-state index is 12.0. The van der Waals surface area contributed by atoms with Crippen molar-refractivity contribution >= 4 is 5.91 Å². The van der Waals surface area contributed by atoms with Crippen LogP contribution in [0.1, 0.15) is 36.8 Å². The second kappa shape index (κ2) is 5.26. The second-order valence-corrected chi connectivity index (χ2v) is 3.73. The third-order valence-electron chi connectivity index (χ3n) is 2.34. The summed E-state index contributed by atoms with van der Waals surface area (Å²) in [6.07, 6.45) is 1.42. The Kier molecular flexibility index (Phi) is 4.01. The molecule has 0 bridgehead atoms. The van der Waals surface area contributed by atoms with Crippen LogP contribution in [0, 0.1) is 11.3 Å². The minimum Gasteiger partial charge on any atom is -0.335 e. The van der Waals surface area contributed by atoms with E-state index < -0.39 is 0 Å². The summed E-state index contributed by atoms with van der Waals surface area (Å²) in [7, 11) is 0. The molecule has 0 fully saturated rings. The average Bonchev–Trinajstić information content (AvgIpc) is 2.29. The average molecular weight is 217 g/mol. The van der Waals surface area contributed by atoms with Crippen molar-refractivity contribution in [1.29, 1.82) is 5.26 Å². The van der Waals surface area contributed by atoms with E-state index in [-0.39, 0.29) is 11.9 Å². The summed E-state index contributed by atoms with van der Waals surface area (Å²) < 4.78 is 0. The summed E-state index contributed by atoms with van der Waals surface area (Å²) in [5.41, 5.74) is 0.846. The lowest BCUT2D eigenvalue weighted by Crippen LogP contribution is -2.37. The number of aromatic nitrogens is 1. The summed E-state index contributed by atoms with van der Waals surface area (Å²) in [4.78, 5) is 17.7. The van der Waals surface area contributed by atoms with E-state index in [0.717, 1.165) is 0 Å². The predicted octanol–water partition coefficient (Wildman–Crippen LogP) is 1.82. The number of pyridine rings is 1. The topological polar surface area (TPSA) is 57.0 Å². The molecule has 1 rings (SSSR count). The van der Waals surface area contributed by atoms with Crippen molar-refractivity contribution in [3.63, 3.8) is 0 Å². The number of nitriles is 1. The van der Waals surface area contributed by atoms with Gasteiger partial charge in [0.05, 0.1) is 5.56 Å². The number of carbonyl (C=O) groups excluding carboxylic acids is 1. The molecular formula is C12H15N3O. The van der Waals surface area contributed by atoms with Crippen molar-refractivity contribution in [1.82, 2.24) is 9.88 Å². The number of carbonyl (C=O) groups is 1. The highest BCUT2D eigenvalue weighted by atomic mass is 16.2. The van der Waals surface area contributed by atoms with Crippen molar-refractivity contribution in [3.8, 4) is 6.07 Å². The van der Waals surface area contributed by atoms with E-state index in [2.05, 4.69) is 4.98 Å². The van der Waals surface area contributed by atoms with E-state index in [1.165, 1.54) is 6.20 Å². The molecule has 84 valence electrons. The standard InChI is InChI=1S/C12H15N3O/c1-4-15(9(2)3)12(16)11-6-5-10(7-13)8-14-11/h5-6,8-9H,4H2,1-3H3. The highest BCUT2D eigenvalue weighted by Crippen LogP contribution is 2.06. The molecule has 4 heteroatoms. The summed E-state index contributed by atoms with van der Waals surface area (Å²) in [6, 6.07) is 5.31. The Balaban J connectivity index is 2.92. The van der Waals surface area contributed by atoms with Crippen LogP contribution in [0.25, 0.3) is 0 Å². The normalized spacial score (nSPS) is 9.94. The quantitative estimate of drug-likeness (QED) is 0.776. The Morgan fingerprint density at radius 2 is 2.25 bits per heavy atom. The van der Waals surface area contributed by atoms with Crippen molar-refractivity contribution in [3.05, 3.63) is 29.6 Å². The molecule has 0 N–H and O–H groups in total. The molecule has 0 aliphatic carbocycles. The van der Waals surface area contributed by atoms with Crippen LogP contribution in [0.15, 0.2) is 18.3 Å². The molecule has 1 heterocycles. The van der Waals surface area contributed by atoms with Crippen molar-refractivity contribution in [2.24, 2.45) is 0 Å². The maximum Gasteiger partial charge on any atom is 0.272 e. The van der Waals surface area contributed by atoms with Crippen LogP contribution in [0.5, 0.6) is 0 Å². The van der Waals surface area contributed by atoms with Crippen molar-refractivity contribution in [2.45, 2.75) is 26.8 Å². The number of nitrogens with zero attached hydrogens (tertiary/aromatic N) is 3. The van der Waals surface area contributed by atoms with Crippen LogP contribution in [0.2, 0.25) is 0 Å². The third-order valence-corrected chi connectivity index (χ3v) is 2.34. The van der Waals surface area contributed by atoms with E-state index in [1.54, 1.807) is 17.0 Å². The van der Waals surface area contributed by atoms with Crippen LogP contribution >= 0.6 is 0 Å². The van der Waals surface area contributed by atoms with Crippen LogP contribution in [-0.4, -0.2) is 28.4 Å². The van der Waals surface area contributed by atoms with Gasteiger partial charge in [-0.25, -0.2) is 4.98 Å².